The highest BCUT2D eigenvalue weighted by Crippen LogP contribution is 2.23. The minimum Gasteiger partial charge on any atom is -0.318 e. The average Bonchev–Trinajstić information content (AvgIpc) is 3.05. The van der Waals surface area contributed by atoms with Crippen LogP contribution in [0.15, 0.2) is 30.3 Å². The molecule has 0 saturated carbocycles. The monoisotopic (exact) mass is 399 g/mol. The lowest BCUT2D eigenvalue weighted by Gasteiger charge is -2.16. The number of urea groups is 1. The zero-order chi connectivity index (χ0) is 21.5. The van der Waals surface area contributed by atoms with Crippen molar-refractivity contribution in [2.24, 2.45) is 5.92 Å². The van der Waals surface area contributed by atoms with E-state index in [4.69, 9.17) is 0 Å². The van der Waals surface area contributed by atoms with Crippen LogP contribution < -0.4 is 0 Å². The average molecular weight is 399 g/mol. The number of hydrogen-bond acceptors (Lipinski definition) is 4. The minimum absolute atomic E-state index is 0.00320. The molecule has 0 bridgehead atoms. The van der Waals surface area contributed by atoms with E-state index in [0.29, 0.717) is 27.5 Å². The van der Waals surface area contributed by atoms with Crippen LogP contribution >= 0.6 is 0 Å². The number of aryl methyl sites for hydroxylation is 1. The van der Waals surface area contributed by atoms with Crippen LogP contribution in [0.1, 0.15) is 35.6 Å². The van der Waals surface area contributed by atoms with E-state index in [9.17, 15) is 23.6 Å². The van der Waals surface area contributed by atoms with Crippen LogP contribution in [-0.4, -0.2) is 51.1 Å². The number of nitrogens with zero attached hydrogens (tertiary/aromatic N) is 3. The van der Waals surface area contributed by atoms with Gasteiger partial charge in [0.05, 0.1) is 6.54 Å². The zero-order valence-electron chi connectivity index (χ0n) is 16.7. The van der Waals surface area contributed by atoms with Crippen molar-refractivity contribution in [3.8, 4) is 5.69 Å². The van der Waals surface area contributed by atoms with Gasteiger partial charge in [0.1, 0.15) is 5.82 Å². The number of ketones is 1. The van der Waals surface area contributed by atoms with Crippen LogP contribution in [0.2, 0.25) is 0 Å². The van der Waals surface area contributed by atoms with Gasteiger partial charge in [-0.05, 0) is 44.0 Å². The number of Topliss-reactive ketones (excluding diaryl/α,β-unsaturated/α-hetero) is 1. The lowest BCUT2D eigenvalue weighted by atomic mass is 10.1. The van der Waals surface area contributed by atoms with Gasteiger partial charge < -0.3 is 4.57 Å². The lowest BCUT2D eigenvalue weighted by molar-refractivity contribution is -0.143. The summed E-state index contributed by atoms with van der Waals surface area (Å²) in [5.74, 6) is -2.79. The summed E-state index contributed by atoms with van der Waals surface area (Å²) in [5, 5.41) is 0. The molecule has 0 radical (unpaired) electrons. The van der Waals surface area contributed by atoms with Crippen molar-refractivity contribution < 1.29 is 23.6 Å². The topological polar surface area (TPSA) is 79.7 Å². The predicted octanol–water partition coefficient (Wildman–Crippen LogP) is 2.86. The van der Waals surface area contributed by atoms with Gasteiger partial charge in [0.15, 0.2) is 5.78 Å². The molecule has 0 N–H and O–H groups in total. The molecule has 0 atom stereocenters. The third kappa shape index (κ3) is 3.70. The molecule has 1 aliphatic rings. The van der Waals surface area contributed by atoms with Crippen LogP contribution in [0.4, 0.5) is 9.18 Å². The van der Waals surface area contributed by atoms with Crippen LogP contribution in [0.25, 0.3) is 5.69 Å². The quantitative estimate of drug-likeness (QED) is 0.425. The maximum atomic E-state index is 13.6. The number of rotatable bonds is 6. The lowest BCUT2D eigenvalue weighted by Crippen LogP contribution is -2.38. The van der Waals surface area contributed by atoms with E-state index >= 15 is 0 Å². The van der Waals surface area contributed by atoms with Crippen molar-refractivity contribution in [1.29, 1.82) is 0 Å². The summed E-state index contributed by atoms with van der Waals surface area (Å²) < 4.78 is 15.3. The number of amides is 4. The molecule has 0 aliphatic carbocycles. The van der Waals surface area contributed by atoms with Crippen molar-refractivity contribution >= 4 is 23.6 Å². The molecule has 4 amide bonds. The molecule has 3 rings (SSSR count). The molecule has 1 aromatic heterocycles. The van der Waals surface area contributed by atoms with Gasteiger partial charge in [-0.1, -0.05) is 19.9 Å². The van der Waals surface area contributed by atoms with E-state index in [0.717, 1.165) is 4.90 Å². The summed E-state index contributed by atoms with van der Waals surface area (Å²) in [7, 11) is 0. The van der Waals surface area contributed by atoms with Crippen LogP contribution in [0.3, 0.4) is 0 Å². The fourth-order valence-corrected chi connectivity index (χ4v) is 3.50. The number of carbonyl (C=O) groups is 4. The zero-order valence-corrected chi connectivity index (χ0v) is 16.7. The van der Waals surface area contributed by atoms with E-state index < -0.39 is 36.0 Å². The highest BCUT2D eigenvalue weighted by molar-refractivity contribution is 6.45. The second kappa shape index (κ2) is 7.62. The van der Waals surface area contributed by atoms with Crippen molar-refractivity contribution in [1.82, 2.24) is 14.4 Å². The van der Waals surface area contributed by atoms with E-state index in [2.05, 4.69) is 0 Å². The SMILES string of the molecule is Cc1cc(C(=O)CN2C(=O)C(=O)N(CC(C)C)C2=O)c(C)n1-c1cccc(F)c1. The van der Waals surface area contributed by atoms with E-state index in [1.54, 1.807) is 36.6 Å². The summed E-state index contributed by atoms with van der Waals surface area (Å²) in [4.78, 5) is 51.1. The van der Waals surface area contributed by atoms with Crippen molar-refractivity contribution in [2.75, 3.05) is 13.1 Å². The molecule has 0 unspecified atom stereocenters. The molecule has 7 nitrogen and oxygen atoms in total. The largest absolute Gasteiger partial charge is 0.334 e. The molecule has 1 fully saturated rings. The van der Waals surface area contributed by atoms with Crippen molar-refractivity contribution in [2.45, 2.75) is 27.7 Å². The smallest absolute Gasteiger partial charge is 0.318 e. The third-order valence-corrected chi connectivity index (χ3v) is 4.78. The third-order valence-electron chi connectivity index (χ3n) is 4.78. The summed E-state index contributed by atoms with van der Waals surface area (Å²) >= 11 is 0. The number of carbonyl (C=O) groups excluding carboxylic acids is 4. The van der Waals surface area contributed by atoms with Crippen LogP contribution in [0.5, 0.6) is 0 Å². The first-order valence-corrected chi connectivity index (χ1v) is 9.27. The van der Waals surface area contributed by atoms with Gasteiger partial charge >= 0.3 is 17.8 Å². The van der Waals surface area contributed by atoms with Gasteiger partial charge in [0.25, 0.3) is 0 Å². The Balaban J connectivity index is 1.87. The van der Waals surface area contributed by atoms with Crippen molar-refractivity contribution in [3.05, 3.63) is 53.1 Å². The number of aromatic nitrogens is 1. The number of halogens is 1. The van der Waals surface area contributed by atoms with Gasteiger partial charge in [0.2, 0.25) is 0 Å². The number of benzene rings is 1. The Morgan fingerprint density at radius 2 is 1.69 bits per heavy atom. The van der Waals surface area contributed by atoms with E-state index in [1.807, 2.05) is 13.8 Å². The van der Waals surface area contributed by atoms with E-state index in [1.165, 1.54) is 12.1 Å². The predicted molar refractivity (Wildman–Crippen MR) is 103 cm³/mol. The van der Waals surface area contributed by atoms with Gasteiger partial charge in [-0.2, -0.15) is 0 Å². The Kier molecular flexibility index (Phi) is 5.37. The Morgan fingerprint density at radius 3 is 2.31 bits per heavy atom. The second-order valence-electron chi connectivity index (χ2n) is 7.51. The highest BCUT2D eigenvalue weighted by Gasteiger charge is 2.45. The van der Waals surface area contributed by atoms with Crippen molar-refractivity contribution in [3.63, 3.8) is 0 Å². The van der Waals surface area contributed by atoms with Crippen LogP contribution in [0, 0.1) is 25.6 Å². The normalized spacial score (nSPS) is 14.5. The van der Waals surface area contributed by atoms with Gasteiger partial charge in [-0.15, -0.1) is 0 Å². The Bertz CT molecular complexity index is 1020. The fraction of sp³-hybridized carbons (Fsp3) is 0.333. The molecule has 2 heterocycles. The fourth-order valence-electron chi connectivity index (χ4n) is 3.50. The molecule has 152 valence electrons. The summed E-state index contributed by atoms with van der Waals surface area (Å²) in [6, 6.07) is 6.82. The van der Waals surface area contributed by atoms with Gasteiger partial charge in [-0.25, -0.2) is 14.1 Å². The maximum absolute atomic E-state index is 13.6. The number of hydrogen-bond donors (Lipinski definition) is 0. The molecule has 29 heavy (non-hydrogen) atoms. The molecular weight excluding hydrogens is 377 g/mol. The summed E-state index contributed by atoms with van der Waals surface area (Å²) in [5.41, 5.74) is 2.13. The molecule has 1 saturated heterocycles. The Hall–Kier alpha value is -3.29. The van der Waals surface area contributed by atoms with Gasteiger partial charge in [-0.3, -0.25) is 19.3 Å². The molecular formula is C21H22FN3O4. The minimum atomic E-state index is -0.997. The highest BCUT2D eigenvalue weighted by atomic mass is 19.1. The number of imide groups is 2. The summed E-state index contributed by atoms with van der Waals surface area (Å²) in [6.07, 6.45) is 0. The molecule has 1 aromatic carbocycles. The molecule has 1 aliphatic heterocycles. The first kappa shape index (κ1) is 20.4. The molecule has 8 heteroatoms. The molecule has 0 spiro atoms. The molecule has 2 aromatic rings. The van der Waals surface area contributed by atoms with Crippen LogP contribution in [-0.2, 0) is 9.59 Å². The maximum Gasteiger partial charge on any atom is 0.334 e. The first-order valence-electron chi connectivity index (χ1n) is 9.27. The van der Waals surface area contributed by atoms with Gasteiger partial charge in [0, 0.05) is 29.2 Å². The summed E-state index contributed by atoms with van der Waals surface area (Å²) in [6.45, 7) is 6.71. The Morgan fingerprint density at radius 1 is 1.03 bits per heavy atom. The standard InChI is InChI=1S/C21H22FN3O4/c1-12(2)10-23-19(27)20(28)24(21(23)29)11-18(26)17-8-13(3)25(14(17)4)16-7-5-6-15(22)9-16/h5-9,12H,10-11H2,1-4H3. The second-order valence-corrected chi connectivity index (χ2v) is 7.51. The Labute approximate surface area is 167 Å². The first-order chi connectivity index (χ1) is 13.6. The van der Waals surface area contributed by atoms with E-state index in [-0.39, 0.29) is 12.5 Å².